The minimum atomic E-state index is -3.86. The van der Waals surface area contributed by atoms with Crippen molar-refractivity contribution in [3.8, 4) is 5.88 Å². The van der Waals surface area contributed by atoms with E-state index in [1.807, 2.05) is 24.3 Å². The van der Waals surface area contributed by atoms with Gasteiger partial charge in [0.25, 0.3) is 15.9 Å². The SMILES string of the molecule is Cc1ccccc1S(=O)(=O)Nc1nc2ccccc2nc1OCc1ccncc1. The summed E-state index contributed by atoms with van der Waals surface area (Å²) in [5, 5.41) is 0. The van der Waals surface area contributed by atoms with Crippen LogP contribution in [0.4, 0.5) is 5.82 Å². The molecule has 0 saturated carbocycles. The van der Waals surface area contributed by atoms with Crippen LogP contribution in [-0.4, -0.2) is 23.4 Å². The number of hydrogen-bond donors (Lipinski definition) is 1. The van der Waals surface area contributed by atoms with Crippen molar-refractivity contribution in [1.29, 1.82) is 0 Å². The van der Waals surface area contributed by atoms with Gasteiger partial charge >= 0.3 is 0 Å². The first-order valence-electron chi connectivity index (χ1n) is 8.90. The largest absolute Gasteiger partial charge is 0.470 e. The maximum absolute atomic E-state index is 12.9. The molecule has 7 nitrogen and oxygen atoms in total. The third-order valence-corrected chi connectivity index (χ3v) is 5.78. The highest BCUT2D eigenvalue weighted by atomic mass is 32.2. The molecule has 4 aromatic rings. The van der Waals surface area contributed by atoms with Gasteiger partial charge in [-0.2, -0.15) is 0 Å². The molecule has 29 heavy (non-hydrogen) atoms. The van der Waals surface area contributed by atoms with Crippen LogP contribution in [0.1, 0.15) is 11.1 Å². The molecule has 2 aromatic carbocycles. The lowest BCUT2D eigenvalue weighted by atomic mass is 10.2. The van der Waals surface area contributed by atoms with E-state index in [9.17, 15) is 8.42 Å². The molecule has 0 saturated heterocycles. The lowest BCUT2D eigenvalue weighted by Gasteiger charge is -2.14. The minimum Gasteiger partial charge on any atom is -0.470 e. The second-order valence-electron chi connectivity index (χ2n) is 6.38. The molecule has 0 amide bonds. The molecule has 0 atom stereocenters. The van der Waals surface area contributed by atoms with E-state index in [0.29, 0.717) is 16.6 Å². The number of benzene rings is 2. The van der Waals surface area contributed by atoms with E-state index in [4.69, 9.17) is 4.74 Å². The third-order valence-electron chi connectivity index (χ3n) is 4.28. The predicted octanol–water partition coefficient (Wildman–Crippen LogP) is 3.71. The summed E-state index contributed by atoms with van der Waals surface area (Å²) in [6.45, 7) is 1.94. The molecular weight excluding hydrogens is 388 g/mol. The molecule has 1 N–H and O–H groups in total. The van der Waals surface area contributed by atoms with Gasteiger partial charge in [-0.15, -0.1) is 0 Å². The Morgan fingerprint density at radius 1 is 0.897 bits per heavy atom. The highest BCUT2D eigenvalue weighted by Crippen LogP contribution is 2.27. The van der Waals surface area contributed by atoms with Gasteiger partial charge in [0, 0.05) is 12.4 Å². The zero-order chi connectivity index (χ0) is 20.3. The van der Waals surface area contributed by atoms with Gasteiger partial charge in [0.1, 0.15) is 6.61 Å². The molecule has 0 bridgehead atoms. The Labute approximate surface area is 168 Å². The summed E-state index contributed by atoms with van der Waals surface area (Å²) in [5.74, 6) is 0.152. The molecule has 2 aromatic heterocycles. The van der Waals surface area contributed by atoms with Crippen LogP contribution in [0.2, 0.25) is 0 Å². The lowest BCUT2D eigenvalue weighted by Crippen LogP contribution is -2.16. The van der Waals surface area contributed by atoms with Gasteiger partial charge in [0.05, 0.1) is 15.9 Å². The normalized spacial score (nSPS) is 11.3. The number of para-hydroxylation sites is 2. The zero-order valence-electron chi connectivity index (χ0n) is 15.6. The Bertz CT molecular complexity index is 1260. The fraction of sp³-hybridized carbons (Fsp3) is 0.0952. The fourth-order valence-electron chi connectivity index (χ4n) is 2.82. The molecule has 0 aliphatic carbocycles. The van der Waals surface area contributed by atoms with Crippen LogP contribution in [0, 0.1) is 6.92 Å². The quantitative estimate of drug-likeness (QED) is 0.525. The van der Waals surface area contributed by atoms with E-state index in [1.165, 1.54) is 0 Å². The van der Waals surface area contributed by atoms with Gasteiger partial charge in [-0.25, -0.2) is 18.4 Å². The van der Waals surface area contributed by atoms with E-state index < -0.39 is 10.0 Å². The van der Waals surface area contributed by atoms with E-state index in [-0.39, 0.29) is 23.2 Å². The molecule has 4 rings (SSSR count). The van der Waals surface area contributed by atoms with Crippen molar-refractivity contribution in [1.82, 2.24) is 15.0 Å². The van der Waals surface area contributed by atoms with Crippen molar-refractivity contribution in [3.05, 3.63) is 84.2 Å². The van der Waals surface area contributed by atoms with Crippen molar-refractivity contribution in [2.45, 2.75) is 18.4 Å². The van der Waals surface area contributed by atoms with Crippen LogP contribution < -0.4 is 9.46 Å². The second-order valence-corrected chi connectivity index (χ2v) is 8.03. The Kier molecular flexibility index (Phi) is 5.09. The average Bonchev–Trinajstić information content (AvgIpc) is 2.73. The first kappa shape index (κ1) is 18.8. The first-order valence-corrected chi connectivity index (χ1v) is 10.4. The van der Waals surface area contributed by atoms with E-state index >= 15 is 0 Å². The number of sulfonamides is 1. The molecule has 0 aliphatic heterocycles. The molecule has 146 valence electrons. The number of aromatic nitrogens is 3. The molecular formula is C21H18N4O3S. The molecule has 0 unspecified atom stereocenters. The number of nitrogens with zero attached hydrogens (tertiary/aromatic N) is 3. The highest BCUT2D eigenvalue weighted by molar-refractivity contribution is 7.92. The van der Waals surface area contributed by atoms with Crippen molar-refractivity contribution >= 4 is 26.9 Å². The van der Waals surface area contributed by atoms with Crippen LogP contribution >= 0.6 is 0 Å². The topological polar surface area (TPSA) is 94.1 Å². The van der Waals surface area contributed by atoms with E-state index in [1.54, 1.807) is 55.7 Å². The zero-order valence-corrected chi connectivity index (χ0v) is 16.4. The number of fused-ring (bicyclic) bond motifs is 1. The van der Waals surface area contributed by atoms with E-state index in [0.717, 1.165) is 5.56 Å². The number of aryl methyl sites for hydroxylation is 1. The number of anilines is 1. The number of pyridine rings is 1. The van der Waals surface area contributed by atoms with Gasteiger partial charge in [0.15, 0.2) is 0 Å². The molecule has 0 aliphatic rings. The number of nitrogens with one attached hydrogen (secondary N) is 1. The monoisotopic (exact) mass is 406 g/mol. The Balaban J connectivity index is 1.72. The maximum Gasteiger partial charge on any atom is 0.263 e. The van der Waals surface area contributed by atoms with Gasteiger partial charge in [-0.05, 0) is 48.4 Å². The van der Waals surface area contributed by atoms with Gasteiger partial charge in [0.2, 0.25) is 5.82 Å². The Morgan fingerprint density at radius 2 is 1.55 bits per heavy atom. The van der Waals surface area contributed by atoms with Gasteiger partial charge in [-0.1, -0.05) is 30.3 Å². The van der Waals surface area contributed by atoms with Crippen molar-refractivity contribution < 1.29 is 13.2 Å². The Morgan fingerprint density at radius 3 is 2.28 bits per heavy atom. The van der Waals surface area contributed by atoms with Crippen LogP contribution in [0.25, 0.3) is 11.0 Å². The first-order chi connectivity index (χ1) is 14.0. The summed E-state index contributed by atoms with van der Waals surface area (Å²) >= 11 is 0. The number of ether oxygens (including phenoxy) is 1. The average molecular weight is 406 g/mol. The van der Waals surface area contributed by atoms with Crippen LogP contribution in [0.5, 0.6) is 5.88 Å². The number of rotatable bonds is 6. The Hall–Kier alpha value is -3.52. The maximum atomic E-state index is 12.9. The summed E-state index contributed by atoms with van der Waals surface area (Å²) in [6, 6.07) is 17.6. The van der Waals surface area contributed by atoms with Crippen LogP contribution in [0.15, 0.2) is 78.0 Å². The van der Waals surface area contributed by atoms with Crippen LogP contribution in [-0.2, 0) is 16.6 Å². The predicted molar refractivity (Wildman–Crippen MR) is 110 cm³/mol. The number of hydrogen-bond acceptors (Lipinski definition) is 6. The molecule has 8 heteroatoms. The molecule has 0 spiro atoms. The standard InChI is InChI=1S/C21H18N4O3S/c1-15-6-2-5-9-19(15)29(26,27)25-20-21(28-14-16-10-12-22-13-11-16)24-18-8-4-3-7-17(18)23-20/h2-13H,14H2,1H3,(H,23,25). The fourth-order valence-corrected chi connectivity index (χ4v) is 4.07. The summed E-state index contributed by atoms with van der Waals surface area (Å²) < 4.78 is 34.2. The van der Waals surface area contributed by atoms with Crippen molar-refractivity contribution in [2.24, 2.45) is 0 Å². The lowest BCUT2D eigenvalue weighted by molar-refractivity contribution is 0.295. The van der Waals surface area contributed by atoms with Gasteiger partial charge < -0.3 is 4.74 Å². The molecule has 2 heterocycles. The van der Waals surface area contributed by atoms with Crippen LogP contribution in [0.3, 0.4) is 0 Å². The van der Waals surface area contributed by atoms with Crippen molar-refractivity contribution in [2.75, 3.05) is 4.72 Å². The second kappa shape index (κ2) is 7.84. The molecule has 0 radical (unpaired) electrons. The summed E-state index contributed by atoms with van der Waals surface area (Å²) in [4.78, 5) is 13.1. The third kappa shape index (κ3) is 4.17. The molecule has 0 fully saturated rings. The van der Waals surface area contributed by atoms with Gasteiger partial charge in [-0.3, -0.25) is 9.71 Å². The smallest absolute Gasteiger partial charge is 0.263 e. The summed E-state index contributed by atoms with van der Waals surface area (Å²) in [7, 11) is -3.86. The minimum absolute atomic E-state index is 0.0426. The summed E-state index contributed by atoms with van der Waals surface area (Å²) in [5.41, 5.74) is 2.68. The highest BCUT2D eigenvalue weighted by Gasteiger charge is 2.21. The summed E-state index contributed by atoms with van der Waals surface area (Å²) in [6.07, 6.45) is 3.32. The van der Waals surface area contributed by atoms with E-state index in [2.05, 4.69) is 19.7 Å². The van der Waals surface area contributed by atoms with Crippen molar-refractivity contribution in [3.63, 3.8) is 0 Å².